The van der Waals surface area contributed by atoms with E-state index < -0.39 is 6.04 Å². The summed E-state index contributed by atoms with van der Waals surface area (Å²) in [5, 5.41) is 2.91. The van der Waals surface area contributed by atoms with Crippen molar-refractivity contribution in [3.05, 3.63) is 23.3 Å². The number of hydrogen-bond donors (Lipinski definition) is 2. The quantitative estimate of drug-likeness (QED) is 0.809. The van der Waals surface area contributed by atoms with Gasteiger partial charge in [0.25, 0.3) is 0 Å². The van der Waals surface area contributed by atoms with Gasteiger partial charge in [-0.05, 0) is 38.3 Å². The van der Waals surface area contributed by atoms with E-state index in [1.165, 1.54) is 0 Å². The Morgan fingerprint density at radius 1 is 1.48 bits per heavy atom. The van der Waals surface area contributed by atoms with Crippen LogP contribution in [0.3, 0.4) is 0 Å². The van der Waals surface area contributed by atoms with Gasteiger partial charge >= 0.3 is 0 Å². The van der Waals surface area contributed by atoms with Crippen LogP contribution in [-0.2, 0) is 17.8 Å². The van der Waals surface area contributed by atoms with Crippen molar-refractivity contribution in [1.29, 1.82) is 0 Å². The van der Waals surface area contributed by atoms with E-state index in [1.54, 1.807) is 0 Å². The highest BCUT2D eigenvalue weighted by molar-refractivity contribution is 5.81. The molecule has 2 atom stereocenters. The summed E-state index contributed by atoms with van der Waals surface area (Å²) in [5.74, 6) is 1.96. The first-order chi connectivity index (χ1) is 10.9. The lowest BCUT2D eigenvalue weighted by Crippen LogP contribution is -2.41. The molecule has 23 heavy (non-hydrogen) atoms. The highest BCUT2D eigenvalue weighted by Crippen LogP contribution is 2.35. The van der Waals surface area contributed by atoms with Crippen molar-refractivity contribution in [3.63, 3.8) is 0 Å². The first-order valence-electron chi connectivity index (χ1n) is 8.39. The summed E-state index contributed by atoms with van der Waals surface area (Å²) in [6, 6.07) is 3.52. The Balaban J connectivity index is 2.07. The van der Waals surface area contributed by atoms with Crippen molar-refractivity contribution in [1.82, 2.24) is 5.32 Å². The Labute approximate surface area is 138 Å². The maximum Gasteiger partial charge on any atom is 0.237 e. The molecule has 0 radical (unpaired) electrons. The second-order valence-corrected chi connectivity index (χ2v) is 6.59. The summed E-state index contributed by atoms with van der Waals surface area (Å²) in [5.41, 5.74) is 8.00. The summed E-state index contributed by atoms with van der Waals surface area (Å²) in [4.78, 5) is 12.1. The molecule has 128 valence electrons. The molecule has 3 N–H and O–H groups in total. The molecule has 1 aromatic carbocycles. The molecule has 1 unspecified atom stereocenters. The number of nitrogens with one attached hydrogen (secondary N) is 1. The van der Waals surface area contributed by atoms with E-state index in [4.69, 9.17) is 15.2 Å². The Kier molecular flexibility index (Phi) is 5.88. The molecule has 0 saturated carbocycles. The smallest absolute Gasteiger partial charge is 0.237 e. The largest absolute Gasteiger partial charge is 0.494 e. The van der Waals surface area contributed by atoms with Gasteiger partial charge in [-0.2, -0.15) is 0 Å². The van der Waals surface area contributed by atoms with Crippen molar-refractivity contribution in [2.75, 3.05) is 6.61 Å². The molecule has 1 amide bonds. The van der Waals surface area contributed by atoms with Crippen molar-refractivity contribution in [2.45, 2.75) is 59.2 Å². The number of rotatable bonds is 7. The van der Waals surface area contributed by atoms with Gasteiger partial charge in [-0.25, -0.2) is 0 Å². The first kappa shape index (κ1) is 17.6. The number of ether oxygens (including phenoxy) is 2. The fourth-order valence-electron chi connectivity index (χ4n) is 2.84. The van der Waals surface area contributed by atoms with Crippen LogP contribution in [0.2, 0.25) is 0 Å². The number of benzene rings is 1. The molecule has 1 aliphatic rings. The topological polar surface area (TPSA) is 73.6 Å². The molecule has 0 saturated heterocycles. The van der Waals surface area contributed by atoms with Crippen LogP contribution in [0.4, 0.5) is 0 Å². The van der Waals surface area contributed by atoms with Crippen LogP contribution in [0.15, 0.2) is 12.1 Å². The van der Waals surface area contributed by atoms with Gasteiger partial charge in [-0.1, -0.05) is 13.8 Å². The number of carbonyl (C=O) groups is 1. The van der Waals surface area contributed by atoms with Gasteiger partial charge in [0.1, 0.15) is 17.6 Å². The van der Waals surface area contributed by atoms with Gasteiger partial charge in [-0.15, -0.1) is 0 Å². The molecule has 0 aliphatic carbocycles. The number of amides is 1. The van der Waals surface area contributed by atoms with Crippen molar-refractivity contribution >= 4 is 5.91 Å². The molecule has 5 heteroatoms. The molecule has 1 aliphatic heterocycles. The zero-order chi connectivity index (χ0) is 17.0. The summed E-state index contributed by atoms with van der Waals surface area (Å²) in [6.45, 7) is 9.09. The summed E-state index contributed by atoms with van der Waals surface area (Å²) < 4.78 is 11.5. The van der Waals surface area contributed by atoms with Gasteiger partial charge in [-0.3, -0.25) is 4.79 Å². The second kappa shape index (κ2) is 7.68. The molecule has 0 fully saturated rings. The highest BCUT2D eigenvalue weighted by atomic mass is 16.5. The van der Waals surface area contributed by atoms with E-state index in [2.05, 4.69) is 19.2 Å². The van der Waals surface area contributed by atoms with E-state index in [0.717, 1.165) is 29.0 Å². The molecule has 1 aromatic rings. The number of nitrogens with two attached hydrogens (primary N) is 1. The van der Waals surface area contributed by atoms with Crippen LogP contribution < -0.4 is 20.5 Å². The fraction of sp³-hybridized carbons (Fsp3) is 0.611. The van der Waals surface area contributed by atoms with E-state index in [1.807, 2.05) is 26.0 Å². The summed E-state index contributed by atoms with van der Waals surface area (Å²) >= 11 is 0. The third kappa shape index (κ3) is 4.61. The predicted octanol–water partition coefficient (Wildman–Crippen LogP) is 2.40. The predicted molar refractivity (Wildman–Crippen MR) is 90.7 cm³/mol. The van der Waals surface area contributed by atoms with E-state index in [9.17, 15) is 4.79 Å². The molecule has 0 aromatic heterocycles. The van der Waals surface area contributed by atoms with Crippen molar-refractivity contribution in [2.24, 2.45) is 11.7 Å². The zero-order valence-corrected chi connectivity index (χ0v) is 14.5. The summed E-state index contributed by atoms with van der Waals surface area (Å²) in [6.07, 6.45) is 1.75. The molecule has 1 heterocycles. The van der Waals surface area contributed by atoms with Crippen LogP contribution in [0.5, 0.6) is 11.5 Å². The lowest BCUT2D eigenvalue weighted by molar-refractivity contribution is -0.122. The van der Waals surface area contributed by atoms with E-state index in [0.29, 0.717) is 25.5 Å². The average molecular weight is 320 g/mol. The van der Waals surface area contributed by atoms with Crippen molar-refractivity contribution < 1.29 is 14.3 Å². The molecular formula is C18H28N2O3. The third-order valence-electron chi connectivity index (χ3n) is 3.89. The van der Waals surface area contributed by atoms with Crippen molar-refractivity contribution in [3.8, 4) is 11.5 Å². The Morgan fingerprint density at radius 3 is 2.87 bits per heavy atom. The molecule has 5 nitrogen and oxygen atoms in total. The fourth-order valence-corrected chi connectivity index (χ4v) is 2.84. The minimum atomic E-state index is -0.476. The summed E-state index contributed by atoms with van der Waals surface area (Å²) in [7, 11) is 0. The SMILES string of the molecule is CCOc1cc2c(cc1CNC(=O)[C@@H](N)CC(C)C)OC(C)C2. The molecular weight excluding hydrogens is 292 g/mol. The van der Waals surface area contributed by atoms with E-state index in [-0.39, 0.29) is 12.0 Å². The number of hydrogen-bond acceptors (Lipinski definition) is 4. The monoisotopic (exact) mass is 320 g/mol. The van der Waals surface area contributed by atoms with Crippen LogP contribution >= 0.6 is 0 Å². The molecule has 2 rings (SSSR count). The van der Waals surface area contributed by atoms with Crippen LogP contribution in [0, 0.1) is 5.92 Å². The van der Waals surface area contributed by atoms with E-state index >= 15 is 0 Å². The normalized spacial score (nSPS) is 17.6. The van der Waals surface area contributed by atoms with Crippen LogP contribution in [0.25, 0.3) is 0 Å². The highest BCUT2D eigenvalue weighted by Gasteiger charge is 2.22. The Bertz CT molecular complexity index is 557. The van der Waals surface area contributed by atoms with Gasteiger partial charge in [0.2, 0.25) is 5.91 Å². The zero-order valence-electron chi connectivity index (χ0n) is 14.5. The van der Waals surface area contributed by atoms with Crippen LogP contribution in [-0.4, -0.2) is 24.7 Å². The molecule has 0 bridgehead atoms. The molecule has 0 spiro atoms. The Morgan fingerprint density at radius 2 is 2.22 bits per heavy atom. The number of fused-ring (bicyclic) bond motifs is 1. The van der Waals surface area contributed by atoms with Gasteiger partial charge in [0.15, 0.2) is 0 Å². The van der Waals surface area contributed by atoms with Gasteiger partial charge in [0, 0.05) is 24.1 Å². The first-order valence-corrected chi connectivity index (χ1v) is 8.39. The third-order valence-corrected chi connectivity index (χ3v) is 3.89. The second-order valence-electron chi connectivity index (χ2n) is 6.59. The van der Waals surface area contributed by atoms with Gasteiger partial charge < -0.3 is 20.5 Å². The number of carbonyl (C=O) groups excluding carboxylic acids is 1. The minimum absolute atomic E-state index is 0.129. The Hall–Kier alpha value is -1.75. The maximum atomic E-state index is 12.1. The minimum Gasteiger partial charge on any atom is -0.494 e. The average Bonchev–Trinajstić information content (AvgIpc) is 2.83. The van der Waals surface area contributed by atoms with Gasteiger partial charge in [0.05, 0.1) is 12.6 Å². The lowest BCUT2D eigenvalue weighted by atomic mass is 10.0. The van der Waals surface area contributed by atoms with Crippen LogP contribution in [0.1, 0.15) is 45.2 Å². The standard InChI is InChI=1S/C18H28N2O3/c1-5-22-16-8-13-7-12(4)23-17(13)9-14(16)10-20-18(21)15(19)6-11(2)3/h8-9,11-12,15H,5-7,10,19H2,1-4H3,(H,20,21)/t12?,15-/m0/s1. The maximum absolute atomic E-state index is 12.1. The lowest BCUT2D eigenvalue weighted by Gasteiger charge is -2.16.